The fraction of sp³-hybridized carbons (Fsp3) is 0.0476. The Morgan fingerprint density at radius 3 is 2.00 bits per heavy atom. The minimum Gasteiger partial charge on any atom is -0.497 e. The van der Waals surface area contributed by atoms with E-state index in [1.807, 2.05) is 0 Å². The quantitative estimate of drug-likeness (QED) is 0.442. The van der Waals surface area contributed by atoms with E-state index in [2.05, 4.69) is 5.32 Å². The maximum absolute atomic E-state index is 12.3. The smallest absolute Gasteiger partial charge is 0.343 e. The van der Waals surface area contributed by atoms with Crippen molar-refractivity contribution in [3.8, 4) is 11.5 Å². The van der Waals surface area contributed by atoms with E-state index in [-0.39, 0.29) is 16.5 Å². The van der Waals surface area contributed by atoms with Crippen LogP contribution in [0.5, 0.6) is 11.5 Å². The van der Waals surface area contributed by atoms with Gasteiger partial charge in [0.15, 0.2) is 0 Å². The molecule has 3 aromatic carbocycles. The Morgan fingerprint density at radius 1 is 0.786 bits per heavy atom. The number of esters is 1. The predicted molar refractivity (Wildman–Crippen MR) is 109 cm³/mol. The standard InChI is InChI=1S/C21H15Cl2NO4/c1-27-16-9-5-15(6-10-16)24-20(25)13-2-7-17(8-3-13)28-21(26)14-4-11-18(22)19(23)12-14/h2-12H,1H3,(H,24,25). The molecule has 0 aliphatic carbocycles. The van der Waals surface area contributed by atoms with Crippen LogP contribution in [0.1, 0.15) is 20.7 Å². The number of hydrogen-bond acceptors (Lipinski definition) is 4. The van der Waals surface area contributed by atoms with Crippen molar-refractivity contribution in [1.29, 1.82) is 0 Å². The molecule has 0 aliphatic heterocycles. The molecular formula is C21H15Cl2NO4. The average molecular weight is 416 g/mol. The molecule has 0 aliphatic rings. The molecule has 0 unspecified atom stereocenters. The third-order valence-electron chi connectivity index (χ3n) is 3.83. The van der Waals surface area contributed by atoms with Crippen LogP contribution in [-0.4, -0.2) is 19.0 Å². The van der Waals surface area contributed by atoms with Crippen molar-refractivity contribution in [2.24, 2.45) is 0 Å². The van der Waals surface area contributed by atoms with Crippen molar-refractivity contribution >= 4 is 40.8 Å². The highest BCUT2D eigenvalue weighted by molar-refractivity contribution is 6.42. The van der Waals surface area contributed by atoms with Crippen LogP contribution in [0.15, 0.2) is 66.7 Å². The van der Waals surface area contributed by atoms with Crippen molar-refractivity contribution in [3.05, 3.63) is 87.9 Å². The van der Waals surface area contributed by atoms with Gasteiger partial charge in [0, 0.05) is 11.3 Å². The molecule has 0 atom stereocenters. The number of hydrogen-bond donors (Lipinski definition) is 1. The normalized spacial score (nSPS) is 10.2. The first kappa shape index (κ1) is 19.7. The molecule has 0 radical (unpaired) electrons. The summed E-state index contributed by atoms with van der Waals surface area (Å²) in [5.41, 5.74) is 1.34. The Kier molecular flexibility index (Phi) is 6.19. The molecule has 0 aromatic heterocycles. The Bertz CT molecular complexity index is 1000. The lowest BCUT2D eigenvalue weighted by molar-refractivity contribution is 0.0734. The molecule has 1 amide bonds. The summed E-state index contributed by atoms with van der Waals surface area (Å²) in [6.45, 7) is 0. The first-order valence-corrected chi connectivity index (χ1v) is 8.94. The summed E-state index contributed by atoms with van der Waals surface area (Å²) in [5.74, 6) is 0.143. The largest absolute Gasteiger partial charge is 0.497 e. The first-order valence-electron chi connectivity index (χ1n) is 8.19. The number of carbonyl (C=O) groups excluding carboxylic acids is 2. The lowest BCUT2D eigenvalue weighted by Gasteiger charge is -2.08. The maximum atomic E-state index is 12.3. The summed E-state index contributed by atoms with van der Waals surface area (Å²) in [6, 6.07) is 17.7. The molecule has 3 rings (SSSR count). The van der Waals surface area contributed by atoms with Gasteiger partial charge in [-0.2, -0.15) is 0 Å². The minimum atomic E-state index is -0.575. The van der Waals surface area contributed by atoms with E-state index < -0.39 is 5.97 Å². The van der Waals surface area contributed by atoms with Crippen LogP contribution in [-0.2, 0) is 0 Å². The van der Waals surface area contributed by atoms with Crippen LogP contribution in [0.2, 0.25) is 10.0 Å². The van der Waals surface area contributed by atoms with Gasteiger partial charge in [-0.25, -0.2) is 4.79 Å². The number of benzene rings is 3. The van der Waals surface area contributed by atoms with Gasteiger partial charge in [-0.15, -0.1) is 0 Å². The highest BCUT2D eigenvalue weighted by atomic mass is 35.5. The summed E-state index contributed by atoms with van der Waals surface area (Å²) in [5, 5.41) is 3.40. The zero-order valence-electron chi connectivity index (χ0n) is 14.7. The van der Waals surface area contributed by atoms with Gasteiger partial charge < -0.3 is 14.8 Å². The Morgan fingerprint density at radius 2 is 1.39 bits per heavy atom. The van der Waals surface area contributed by atoms with Gasteiger partial charge >= 0.3 is 5.97 Å². The number of rotatable bonds is 5. The molecule has 7 heteroatoms. The molecule has 0 saturated heterocycles. The lowest BCUT2D eigenvalue weighted by Crippen LogP contribution is -2.12. The van der Waals surface area contributed by atoms with E-state index in [4.69, 9.17) is 32.7 Å². The molecule has 0 heterocycles. The summed E-state index contributed by atoms with van der Waals surface area (Å²) in [4.78, 5) is 24.5. The van der Waals surface area contributed by atoms with Crippen LogP contribution in [0.25, 0.3) is 0 Å². The molecule has 5 nitrogen and oxygen atoms in total. The zero-order chi connectivity index (χ0) is 20.1. The SMILES string of the molecule is COc1ccc(NC(=O)c2ccc(OC(=O)c3ccc(Cl)c(Cl)c3)cc2)cc1. The number of carbonyl (C=O) groups is 2. The van der Waals surface area contributed by atoms with Gasteiger partial charge in [-0.05, 0) is 66.7 Å². The Labute approximate surface area is 171 Å². The number of nitrogens with one attached hydrogen (secondary N) is 1. The highest BCUT2D eigenvalue weighted by Crippen LogP contribution is 2.24. The number of amides is 1. The molecule has 3 aromatic rings. The van der Waals surface area contributed by atoms with E-state index in [0.717, 1.165) is 0 Å². The molecule has 142 valence electrons. The van der Waals surface area contributed by atoms with Crippen LogP contribution in [0, 0.1) is 0 Å². The Balaban J connectivity index is 1.64. The van der Waals surface area contributed by atoms with E-state index >= 15 is 0 Å². The molecule has 0 bridgehead atoms. The van der Waals surface area contributed by atoms with Gasteiger partial charge in [-0.1, -0.05) is 23.2 Å². The van der Waals surface area contributed by atoms with Crippen LogP contribution < -0.4 is 14.8 Å². The Hall–Kier alpha value is -3.02. The second-order valence-corrected chi connectivity index (χ2v) is 6.54. The van der Waals surface area contributed by atoms with Crippen molar-refractivity contribution in [1.82, 2.24) is 0 Å². The monoisotopic (exact) mass is 415 g/mol. The number of methoxy groups -OCH3 is 1. The van der Waals surface area contributed by atoms with Gasteiger partial charge in [0.1, 0.15) is 11.5 Å². The van der Waals surface area contributed by atoms with Crippen molar-refractivity contribution in [3.63, 3.8) is 0 Å². The lowest BCUT2D eigenvalue weighted by atomic mass is 10.2. The molecule has 28 heavy (non-hydrogen) atoms. The van der Waals surface area contributed by atoms with Crippen molar-refractivity contribution < 1.29 is 19.1 Å². The van der Waals surface area contributed by atoms with Gasteiger partial charge in [0.25, 0.3) is 5.91 Å². The molecule has 0 fully saturated rings. The second kappa shape index (κ2) is 8.78. The average Bonchev–Trinajstić information content (AvgIpc) is 2.71. The fourth-order valence-corrected chi connectivity index (χ4v) is 2.64. The second-order valence-electron chi connectivity index (χ2n) is 5.73. The van der Waals surface area contributed by atoms with E-state index in [9.17, 15) is 9.59 Å². The highest BCUT2D eigenvalue weighted by Gasteiger charge is 2.12. The van der Waals surface area contributed by atoms with Gasteiger partial charge in [0.05, 0.1) is 22.7 Å². The topological polar surface area (TPSA) is 64.6 Å². The molecule has 0 spiro atoms. The summed E-state index contributed by atoms with van der Waals surface area (Å²) in [6.07, 6.45) is 0. The van der Waals surface area contributed by atoms with Crippen LogP contribution >= 0.6 is 23.2 Å². The van der Waals surface area contributed by atoms with Crippen LogP contribution in [0.4, 0.5) is 5.69 Å². The third kappa shape index (κ3) is 4.82. The number of halogens is 2. The number of anilines is 1. The summed E-state index contributed by atoms with van der Waals surface area (Å²) >= 11 is 11.7. The zero-order valence-corrected chi connectivity index (χ0v) is 16.3. The van der Waals surface area contributed by atoms with E-state index in [0.29, 0.717) is 27.8 Å². The molecular weight excluding hydrogens is 401 g/mol. The minimum absolute atomic E-state index is 0.265. The van der Waals surface area contributed by atoms with E-state index in [1.165, 1.54) is 18.2 Å². The maximum Gasteiger partial charge on any atom is 0.343 e. The van der Waals surface area contributed by atoms with E-state index in [1.54, 1.807) is 55.6 Å². The fourth-order valence-electron chi connectivity index (χ4n) is 2.34. The first-order chi connectivity index (χ1) is 13.5. The third-order valence-corrected chi connectivity index (χ3v) is 4.57. The van der Waals surface area contributed by atoms with Crippen LogP contribution in [0.3, 0.4) is 0 Å². The van der Waals surface area contributed by atoms with Gasteiger partial charge in [0.2, 0.25) is 0 Å². The summed E-state index contributed by atoms with van der Waals surface area (Å²) in [7, 11) is 1.57. The molecule has 1 N–H and O–H groups in total. The summed E-state index contributed by atoms with van der Waals surface area (Å²) < 4.78 is 10.4. The predicted octanol–water partition coefficient (Wildman–Crippen LogP) is 5.47. The van der Waals surface area contributed by atoms with Gasteiger partial charge in [-0.3, -0.25) is 4.79 Å². The van der Waals surface area contributed by atoms with Crippen molar-refractivity contribution in [2.75, 3.05) is 12.4 Å². The number of ether oxygens (including phenoxy) is 2. The molecule has 0 saturated carbocycles. The van der Waals surface area contributed by atoms with Crippen molar-refractivity contribution in [2.45, 2.75) is 0 Å².